The van der Waals surface area contributed by atoms with E-state index in [0.717, 1.165) is 32.9 Å². The van der Waals surface area contributed by atoms with E-state index >= 15 is 0 Å². The lowest BCUT2D eigenvalue weighted by Gasteiger charge is -2.11. The first kappa shape index (κ1) is 13.8. The van der Waals surface area contributed by atoms with E-state index in [2.05, 4.69) is 26.2 Å². The minimum atomic E-state index is 0.646. The molecule has 0 radical (unpaired) electrons. The highest BCUT2D eigenvalue weighted by Crippen LogP contribution is 2.34. The van der Waals surface area contributed by atoms with Crippen molar-refractivity contribution in [2.45, 2.75) is 6.92 Å². The van der Waals surface area contributed by atoms with Crippen molar-refractivity contribution < 1.29 is 4.42 Å². The monoisotopic (exact) mass is 343 g/mol. The first-order valence-corrected chi connectivity index (χ1v) is 7.35. The van der Waals surface area contributed by atoms with E-state index in [-0.39, 0.29) is 0 Å². The summed E-state index contributed by atoms with van der Waals surface area (Å²) in [6.07, 6.45) is 1.65. The first-order chi connectivity index (χ1) is 10.2. The van der Waals surface area contributed by atoms with E-state index in [0.29, 0.717) is 5.82 Å². The van der Waals surface area contributed by atoms with E-state index in [1.54, 1.807) is 6.26 Å². The predicted octanol–water partition coefficient (Wildman–Crippen LogP) is 4.52. The van der Waals surface area contributed by atoms with Gasteiger partial charge < -0.3 is 9.73 Å². The zero-order valence-electron chi connectivity index (χ0n) is 11.7. The van der Waals surface area contributed by atoms with E-state index in [9.17, 15) is 0 Å². The van der Waals surface area contributed by atoms with Crippen molar-refractivity contribution in [1.82, 2.24) is 9.97 Å². The van der Waals surface area contributed by atoms with E-state index in [1.807, 2.05) is 50.4 Å². The van der Waals surface area contributed by atoms with Crippen molar-refractivity contribution in [2.75, 3.05) is 12.4 Å². The molecule has 106 valence electrons. The molecule has 0 atom stereocenters. The van der Waals surface area contributed by atoms with Crippen molar-refractivity contribution >= 4 is 21.7 Å². The summed E-state index contributed by atoms with van der Waals surface area (Å²) in [6.45, 7) is 1.90. The summed E-state index contributed by atoms with van der Waals surface area (Å²) in [5.41, 5.74) is 2.78. The maximum Gasteiger partial charge on any atom is 0.165 e. The number of benzene rings is 1. The summed E-state index contributed by atoms with van der Waals surface area (Å²) in [7, 11) is 1.84. The van der Waals surface area contributed by atoms with Crippen LogP contribution in [-0.2, 0) is 0 Å². The summed E-state index contributed by atoms with van der Waals surface area (Å²) in [6, 6.07) is 11.9. The molecule has 0 amide bonds. The van der Waals surface area contributed by atoms with Crippen LogP contribution in [0.4, 0.5) is 5.82 Å². The Morgan fingerprint density at radius 1 is 1.10 bits per heavy atom. The van der Waals surface area contributed by atoms with Crippen molar-refractivity contribution in [2.24, 2.45) is 0 Å². The van der Waals surface area contributed by atoms with Gasteiger partial charge in [-0.1, -0.05) is 30.3 Å². The molecule has 0 bridgehead atoms. The van der Waals surface area contributed by atoms with Gasteiger partial charge in [0.1, 0.15) is 11.6 Å². The second-order valence-electron chi connectivity index (χ2n) is 4.56. The molecule has 0 fully saturated rings. The molecule has 21 heavy (non-hydrogen) atoms. The second kappa shape index (κ2) is 5.69. The zero-order chi connectivity index (χ0) is 14.8. The fourth-order valence-corrected chi connectivity index (χ4v) is 2.74. The number of halogens is 1. The molecule has 0 spiro atoms. The lowest BCUT2D eigenvalue weighted by molar-refractivity contribution is 0.535. The molecule has 0 saturated heterocycles. The molecule has 4 nitrogen and oxygen atoms in total. The smallest absolute Gasteiger partial charge is 0.165 e. The zero-order valence-corrected chi connectivity index (χ0v) is 13.3. The lowest BCUT2D eigenvalue weighted by atomic mass is 10.1. The highest BCUT2D eigenvalue weighted by Gasteiger charge is 2.16. The third-order valence-electron chi connectivity index (χ3n) is 3.23. The molecule has 3 aromatic rings. The number of rotatable bonds is 3. The maximum atomic E-state index is 5.36. The predicted molar refractivity (Wildman–Crippen MR) is 87.2 cm³/mol. The van der Waals surface area contributed by atoms with Crippen molar-refractivity contribution in [3.8, 4) is 22.6 Å². The quantitative estimate of drug-likeness (QED) is 0.759. The van der Waals surface area contributed by atoms with Gasteiger partial charge in [-0.25, -0.2) is 9.97 Å². The third-order valence-corrected chi connectivity index (χ3v) is 3.99. The summed E-state index contributed by atoms with van der Waals surface area (Å²) in [5, 5.41) is 3.10. The number of furan rings is 1. The summed E-state index contributed by atoms with van der Waals surface area (Å²) in [5.74, 6) is 2.20. The summed E-state index contributed by atoms with van der Waals surface area (Å²) >= 11 is 3.58. The molecule has 2 heterocycles. The van der Waals surface area contributed by atoms with Gasteiger partial charge in [0, 0.05) is 12.6 Å². The Kier molecular flexibility index (Phi) is 3.75. The van der Waals surface area contributed by atoms with E-state index in [1.165, 1.54) is 0 Å². The van der Waals surface area contributed by atoms with Crippen molar-refractivity contribution in [3.63, 3.8) is 0 Å². The third kappa shape index (κ3) is 2.56. The van der Waals surface area contributed by atoms with Gasteiger partial charge in [-0.15, -0.1) is 0 Å². The van der Waals surface area contributed by atoms with Gasteiger partial charge >= 0.3 is 0 Å². The van der Waals surface area contributed by atoms with Crippen LogP contribution in [0.15, 0.2) is 51.6 Å². The topological polar surface area (TPSA) is 51.0 Å². The molecule has 2 aromatic heterocycles. The highest BCUT2D eigenvalue weighted by molar-refractivity contribution is 9.10. The van der Waals surface area contributed by atoms with E-state index < -0.39 is 0 Å². The number of hydrogen-bond donors (Lipinski definition) is 1. The normalized spacial score (nSPS) is 10.6. The van der Waals surface area contributed by atoms with Crippen LogP contribution in [0.25, 0.3) is 22.6 Å². The van der Waals surface area contributed by atoms with Crippen LogP contribution in [0.3, 0.4) is 0 Å². The Morgan fingerprint density at radius 2 is 1.86 bits per heavy atom. The van der Waals surface area contributed by atoms with Crippen molar-refractivity contribution in [1.29, 1.82) is 0 Å². The number of anilines is 1. The molecule has 1 N–H and O–H groups in total. The summed E-state index contributed by atoms with van der Waals surface area (Å²) in [4.78, 5) is 9.25. The fourth-order valence-electron chi connectivity index (χ4n) is 2.14. The number of aryl methyl sites for hydroxylation is 1. The Morgan fingerprint density at radius 3 is 2.48 bits per heavy atom. The Bertz CT molecular complexity index is 768. The molecule has 0 aliphatic carbocycles. The van der Waals surface area contributed by atoms with Crippen LogP contribution in [0.2, 0.25) is 0 Å². The highest BCUT2D eigenvalue weighted by atomic mass is 79.9. The van der Waals surface area contributed by atoms with E-state index in [4.69, 9.17) is 9.40 Å². The second-order valence-corrected chi connectivity index (χ2v) is 5.36. The lowest BCUT2D eigenvalue weighted by Crippen LogP contribution is -2.01. The Labute approximate surface area is 131 Å². The van der Waals surface area contributed by atoms with Gasteiger partial charge in [0.25, 0.3) is 0 Å². The number of nitrogens with one attached hydrogen (secondary N) is 1. The molecule has 0 unspecified atom stereocenters. The van der Waals surface area contributed by atoms with Crippen LogP contribution in [-0.4, -0.2) is 17.0 Å². The average Bonchev–Trinajstić information content (AvgIpc) is 2.94. The molecular weight excluding hydrogens is 330 g/mol. The number of nitrogens with zero attached hydrogens (tertiary/aromatic N) is 2. The first-order valence-electron chi connectivity index (χ1n) is 6.56. The molecule has 1 aromatic carbocycles. The standard InChI is InChI=1S/C16H14BrN3O/c1-10-12(8-9-21-10)15-19-14(11-6-4-3-5-7-11)13(17)16(18-2)20-15/h3-9H,1-2H3,(H,18,19,20). The van der Waals surface area contributed by atoms with Crippen molar-refractivity contribution in [3.05, 3.63) is 52.9 Å². The SMILES string of the molecule is CNc1nc(-c2ccoc2C)nc(-c2ccccc2)c1Br. The molecule has 3 rings (SSSR count). The van der Waals surface area contributed by atoms with Gasteiger partial charge in [-0.2, -0.15) is 0 Å². The number of aromatic nitrogens is 2. The Hall–Kier alpha value is -2.14. The van der Waals surface area contributed by atoms with Gasteiger partial charge in [0.05, 0.1) is 22.0 Å². The fraction of sp³-hybridized carbons (Fsp3) is 0.125. The van der Waals surface area contributed by atoms with Gasteiger partial charge in [0.2, 0.25) is 0 Å². The Balaban J connectivity index is 2.23. The minimum Gasteiger partial charge on any atom is -0.469 e. The van der Waals surface area contributed by atoms with Crippen LogP contribution in [0.1, 0.15) is 5.76 Å². The number of hydrogen-bond acceptors (Lipinski definition) is 4. The van der Waals surface area contributed by atoms with Gasteiger partial charge in [0.15, 0.2) is 5.82 Å². The van der Waals surface area contributed by atoms with Crippen LogP contribution < -0.4 is 5.32 Å². The summed E-state index contributed by atoms with van der Waals surface area (Å²) < 4.78 is 6.20. The largest absolute Gasteiger partial charge is 0.469 e. The molecule has 0 aliphatic rings. The molecule has 5 heteroatoms. The van der Waals surface area contributed by atoms with Crippen LogP contribution in [0.5, 0.6) is 0 Å². The molecular formula is C16H14BrN3O. The average molecular weight is 344 g/mol. The van der Waals surface area contributed by atoms with Gasteiger partial charge in [-0.05, 0) is 28.9 Å². The minimum absolute atomic E-state index is 0.646. The molecule has 0 aliphatic heterocycles. The van der Waals surface area contributed by atoms with Crippen LogP contribution in [0, 0.1) is 6.92 Å². The maximum absolute atomic E-state index is 5.36. The molecule has 0 saturated carbocycles. The van der Waals surface area contributed by atoms with Crippen LogP contribution >= 0.6 is 15.9 Å². The van der Waals surface area contributed by atoms with Gasteiger partial charge in [-0.3, -0.25) is 0 Å².